The van der Waals surface area contributed by atoms with E-state index in [0.717, 1.165) is 5.56 Å². The van der Waals surface area contributed by atoms with Crippen molar-refractivity contribution in [1.82, 2.24) is 9.97 Å². The summed E-state index contributed by atoms with van der Waals surface area (Å²) >= 11 is 3.36. The van der Waals surface area contributed by atoms with Gasteiger partial charge < -0.3 is 10.7 Å². The highest BCUT2D eigenvalue weighted by Crippen LogP contribution is 2.27. The van der Waals surface area contributed by atoms with Crippen molar-refractivity contribution in [3.8, 4) is 11.4 Å². The van der Waals surface area contributed by atoms with Gasteiger partial charge >= 0.3 is 0 Å². The molecule has 2 aromatic carbocycles. The maximum Gasteiger partial charge on any atom is 0.248 e. The summed E-state index contributed by atoms with van der Waals surface area (Å²) < 4.78 is 13.6. The molecular formula is C14H9BrFN3O. The monoisotopic (exact) mass is 333 g/mol. The van der Waals surface area contributed by atoms with Crippen LogP contribution in [0.5, 0.6) is 0 Å². The van der Waals surface area contributed by atoms with Gasteiger partial charge in [-0.15, -0.1) is 0 Å². The van der Waals surface area contributed by atoms with E-state index in [4.69, 9.17) is 5.73 Å². The zero-order chi connectivity index (χ0) is 14.3. The van der Waals surface area contributed by atoms with Gasteiger partial charge in [0.2, 0.25) is 5.91 Å². The Bertz CT molecular complexity index is 811. The van der Waals surface area contributed by atoms with Crippen molar-refractivity contribution < 1.29 is 9.18 Å². The van der Waals surface area contributed by atoms with E-state index in [9.17, 15) is 9.18 Å². The van der Waals surface area contributed by atoms with Crippen molar-refractivity contribution >= 4 is 32.9 Å². The fourth-order valence-electron chi connectivity index (χ4n) is 1.96. The summed E-state index contributed by atoms with van der Waals surface area (Å²) in [5.74, 6) is -0.213. The van der Waals surface area contributed by atoms with Gasteiger partial charge in [-0.1, -0.05) is 0 Å². The smallest absolute Gasteiger partial charge is 0.248 e. The first-order chi connectivity index (χ1) is 9.54. The molecule has 3 rings (SSSR count). The van der Waals surface area contributed by atoms with Crippen LogP contribution in [-0.2, 0) is 0 Å². The van der Waals surface area contributed by atoms with Gasteiger partial charge in [-0.3, -0.25) is 4.79 Å². The minimum atomic E-state index is -0.509. The number of carbonyl (C=O) groups excluding carboxylic acids is 1. The second-order valence-corrected chi connectivity index (χ2v) is 5.17. The summed E-state index contributed by atoms with van der Waals surface area (Å²) in [7, 11) is 0. The Balaban J connectivity index is 2.17. The van der Waals surface area contributed by atoms with Gasteiger partial charge in [0.15, 0.2) is 0 Å². The van der Waals surface area contributed by atoms with Gasteiger partial charge in [-0.25, -0.2) is 9.37 Å². The number of benzene rings is 2. The van der Waals surface area contributed by atoms with Crippen LogP contribution in [0, 0.1) is 5.82 Å². The fraction of sp³-hybridized carbons (Fsp3) is 0. The lowest BCUT2D eigenvalue weighted by Gasteiger charge is -1.97. The normalized spacial score (nSPS) is 10.9. The maximum atomic E-state index is 12.9. The number of nitrogens with one attached hydrogen (secondary N) is 1. The minimum Gasteiger partial charge on any atom is -0.366 e. The average Bonchev–Trinajstić information content (AvgIpc) is 2.84. The maximum absolute atomic E-state index is 12.9. The molecule has 0 saturated heterocycles. The van der Waals surface area contributed by atoms with Crippen LogP contribution >= 0.6 is 15.9 Å². The number of H-pyrrole nitrogens is 1. The number of primary amides is 1. The van der Waals surface area contributed by atoms with E-state index in [1.54, 1.807) is 24.3 Å². The molecule has 0 spiro atoms. The lowest BCUT2D eigenvalue weighted by molar-refractivity contribution is 0.100. The molecule has 0 atom stereocenters. The Morgan fingerprint density at radius 1 is 1.25 bits per heavy atom. The summed E-state index contributed by atoms with van der Waals surface area (Å²) in [5, 5.41) is 0. The van der Waals surface area contributed by atoms with Crippen molar-refractivity contribution in [2.75, 3.05) is 0 Å². The van der Waals surface area contributed by atoms with Crippen LogP contribution in [0.25, 0.3) is 22.4 Å². The van der Waals surface area contributed by atoms with Crippen molar-refractivity contribution in [3.05, 3.63) is 52.3 Å². The Labute approximate surface area is 121 Å². The van der Waals surface area contributed by atoms with Crippen LogP contribution in [0.3, 0.4) is 0 Å². The third-order valence-corrected chi connectivity index (χ3v) is 3.55. The van der Waals surface area contributed by atoms with Crippen molar-refractivity contribution in [2.24, 2.45) is 5.73 Å². The number of nitrogens with two attached hydrogens (primary N) is 1. The number of carbonyl (C=O) groups is 1. The number of rotatable bonds is 2. The molecule has 1 heterocycles. The first-order valence-corrected chi connectivity index (χ1v) is 6.59. The summed E-state index contributed by atoms with van der Waals surface area (Å²) in [6.07, 6.45) is 0. The highest BCUT2D eigenvalue weighted by atomic mass is 79.9. The molecule has 4 nitrogen and oxygen atoms in total. The minimum absolute atomic E-state index is 0.304. The molecule has 20 heavy (non-hydrogen) atoms. The van der Waals surface area contributed by atoms with Crippen molar-refractivity contribution in [2.45, 2.75) is 0 Å². The summed E-state index contributed by atoms with van der Waals surface area (Å²) in [5.41, 5.74) is 7.80. The molecule has 1 amide bonds. The van der Waals surface area contributed by atoms with Crippen LogP contribution in [0.4, 0.5) is 4.39 Å². The number of nitrogens with zero attached hydrogens (tertiary/aromatic N) is 1. The van der Waals surface area contributed by atoms with Gasteiger partial charge in [0.25, 0.3) is 0 Å². The Hall–Kier alpha value is -2.21. The quantitative estimate of drug-likeness (QED) is 0.755. The highest BCUT2D eigenvalue weighted by Gasteiger charge is 2.11. The molecule has 0 aliphatic rings. The zero-order valence-corrected chi connectivity index (χ0v) is 11.7. The lowest BCUT2D eigenvalue weighted by Crippen LogP contribution is -2.10. The number of amides is 1. The molecule has 6 heteroatoms. The molecule has 0 fully saturated rings. The summed E-state index contributed by atoms with van der Waals surface area (Å²) in [6.45, 7) is 0. The molecule has 3 N–H and O–H groups in total. The van der Waals surface area contributed by atoms with Crippen LogP contribution in [-0.4, -0.2) is 15.9 Å². The molecular weight excluding hydrogens is 325 g/mol. The molecule has 0 saturated carbocycles. The Morgan fingerprint density at radius 2 is 1.95 bits per heavy atom. The highest BCUT2D eigenvalue weighted by molar-refractivity contribution is 9.10. The number of aromatic amines is 1. The average molecular weight is 334 g/mol. The van der Waals surface area contributed by atoms with E-state index < -0.39 is 5.91 Å². The molecule has 0 aliphatic heterocycles. The largest absolute Gasteiger partial charge is 0.366 e. The molecule has 100 valence electrons. The molecule has 0 bridgehead atoms. The van der Waals surface area contributed by atoms with Crippen LogP contribution in [0.2, 0.25) is 0 Å². The standard InChI is InChI=1S/C14H9BrFN3O/c15-10-5-8(13(17)20)6-11-12(10)19-14(18-11)7-1-3-9(16)4-2-7/h1-6H,(H2,17,20)(H,18,19). The Morgan fingerprint density at radius 3 is 2.60 bits per heavy atom. The van der Waals surface area contributed by atoms with Crippen LogP contribution in [0.15, 0.2) is 40.9 Å². The number of imidazole rings is 1. The van der Waals surface area contributed by atoms with Crippen molar-refractivity contribution in [3.63, 3.8) is 0 Å². The Kier molecular flexibility index (Phi) is 3.02. The third-order valence-electron chi connectivity index (χ3n) is 2.94. The van der Waals surface area contributed by atoms with E-state index in [0.29, 0.717) is 26.9 Å². The molecule has 0 aliphatic carbocycles. The molecule has 3 aromatic rings. The number of fused-ring (bicyclic) bond motifs is 1. The number of aromatic nitrogens is 2. The van der Waals surface area contributed by atoms with E-state index in [1.165, 1.54) is 12.1 Å². The number of halogens is 2. The van der Waals surface area contributed by atoms with E-state index in [1.807, 2.05) is 0 Å². The second-order valence-electron chi connectivity index (χ2n) is 4.31. The molecule has 0 unspecified atom stereocenters. The predicted molar refractivity (Wildman–Crippen MR) is 77.7 cm³/mol. The van der Waals surface area contributed by atoms with E-state index >= 15 is 0 Å². The number of hydrogen-bond acceptors (Lipinski definition) is 2. The van der Waals surface area contributed by atoms with Crippen molar-refractivity contribution in [1.29, 1.82) is 0 Å². The predicted octanol–water partition coefficient (Wildman–Crippen LogP) is 3.23. The zero-order valence-electron chi connectivity index (χ0n) is 10.2. The van der Waals surface area contributed by atoms with Crippen LogP contribution < -0.4 is 5.73 Å². The third kappa shape index (κ3) is 2.18. The molecule has 1 aromatic heterocycles. The number of hydrogen-bond donors (Lipinski definition) is 2. The van der Waals surface area contributed by atoms with Gasteiger partial charge in [0, 0.05) is 15.6 Å². The summed E-state index contributed by atoms with van der Waals surface area (Å²) in [4.78, 5) is 18.8. The molecule has 0 radical (unpaired) electrons. The van der Waals surface area contributed by atoms with Gasteiger partial charge in [-0.2, -0.15) is 0 Å². The van der Waals surface area contributed by atoms with Gasteiger partial charge in [0.05, 0.1) is 5.52 Å². The fourth-order valence-corrected chi connectivity index (χ4v) is 2.51. The summed E-state index contributed by atoms with van der Waals surface area (Å²) in [6, 6.07) is 9.27. The first kappa shape index (κ1) is 12.8. The van der Waals surface area contributed by atoms with E-state index in [2.05, 4.69) is 25.9 Å². The van der Waals surface area contributed by atoms with Crippen LogP contribution in [0.1, 0.15) is 10.4 Å². The first-order valence-electron chi connectivity index (χ1n) is 5.79. The van der Waals surface area contributed by atoms with Gasteiger partial charge in [-0.05, 0) is 52.3 Å². The lowest BCUT2D eigenvalue weighted by atomic mass is 10.2. The second kappa shape index (κ2) is 4.72. The van der Waals surface area contributed by atoms with Gasteiger partial charge in [0.1, 0.15) is 17.2 Å². The SMILES string of the molecule is NC(=O)c1cc(Br)c2nc(-c3ccc(F)cc3)[nH]c2c1. The van der Waals surface area contributed by atoms with E-state index in [-0.39, 0.29) is 5.82 Å². The topological polar surface area (TPSA) is 71.8 Å².